The molecule has 116 valence electrons. The van der Waals surface area contributed by atoms with Crippen LogP contribution in [0.2, 0.25) is 0 Å². The molecule has 0 saturated carbocycles. The van der Waals surface area contributed by atoms with Gasteiger partial charge in [0.1, 0.15) is 0 Å². The summed E-state index contributed by atoms with van der Waals surface area (Å²) in [6, 6.07) is 6.99. The van der Waals surface area contributed by atoms with Gasteiger partial charge in [-0.15, -0.1) is 0 Å². The summed E-state index contributed by atoms with van der Waals surface area (Å²) in [5, 5.41) is 9.36. The second-order valence-corrected chi connectivity index (χ2v) is 5.50. The van der Waals surface area contributed by atoms with Crippen molar-refractivity contribution in [3.05, 3.63) is 40.3 Å². The first-order chi connectivity index (χ1) is 10.6. The van der Waals surface area contributed by atoms with E-state index in [1.165, 1.54) is 0 Å². The van der Waals surface area contributed by atoms with Crippen LogP contribution < -0.4 is 5.56 Å². The minimum atomic E-state index is -0.483. The monoisotopic (exact) mass is 302 g/mol. The number of carbonyl (C=O) groups is 1. The molecule has 7 heteroatoms. The number of likely N-dealkylation sites (N-methyl/N-ethyl adjacent to an activating group) is 1. The maximum absolute atomic E-state index is 12.6. The van der Waals surface area contributed by atoms with E-state index in [0.29, 0.717) is 30.7 Å². The van der Waals surface area contributed by atoms with E-state index in [1.807, 2.05) is 11.9 Å². The van der Waals surface area contributed by atoms with E-state index in [-0.39, 0.29) is 18.3 Å². The van der Waals surface area contributed by atoms with Gasteiger partial charge in [-0.25, -0.2) is 4.98 Å². The largest absolute Gasteiger partial charge is 0.395 e. The number of rotatable bonds is 2. The predicted molar refractivity (Wildman–Crippen MR) is 81.8 cm³/mol. The molecule has 2 N–H and O–H groups in total. The summed E-state index contributed by atoms with van der Waals surface area (Å²) in [7, 11) is 1.91. The summed E-state index contributed by atoms with van der Waals surface area (Å²) in [5.74, 6) is -0.390. The summed E-state index contributed by atoms with van der Waals surface area (Å²) < 4.78 is 0. The van der Waals surface area contributed by atoms with Gasteiger partial charge in [0.2, 0.25) is 0 Å². The third kappa shape index (κ3) is 2.60. The molecule has 2 aromatic rings. The van der Waals surface area contributed by atoms with Gasteiger partial charge < -0.3 is 15.0 Å². The van der Waals surface area contributed by atoms with Gasteiger partial charge in [-0.2, -0.15) is 0 Å². The molecule has 1 aromatic heterocycles. The number of aliphatic hydroxyl groups excluding tert-OH is 1. The highest BCUT2D eigenvalue weighted by molar-refractivity contribution is 5.93. The van der Waals surface area contributed by atoms with Crippen molar-refractivity contribution in [3.63, 3.8) is 0 Å². The third-order valence-corrected chi connectivity index (χ3v) is 4.08. The van der Waals surface area contributed by atoms with E-state index < -0.39 is 11.5 Å². The smallest absolute Gasteiger partial charge is 0.280 e. The van der Waals surface area contributed by atoms with E-state index in [9.17, 15) is 14.7 Å². The van der Waals surface area contributed by atoms with Crippen LogP contribution in [0, 0.1) is 0 Å². The first kappa shape index (κ1) is 14.7. The van der Waals surface area contributed by atoms with E-state index >= 15 is 0 Å². The van der Waals surface area contributed by atoms with Gasteiger partial charge in [-0.1, -0.05) is 12.1 Å². The van der Waals surface area contributed by atoms with E-state index in [1.54, 1.807) is 29.2 Å². The Kier molecular flexibility index (Phi) is 3.91. The number of aliphatic hydroxyl groups is 1. The van der Waals surface area contributed by atoms with Crippen LogP contribution in [-0.4, -0.2) is 70.1 Å². The van der Waals surface area contributed by atoms with Gasteiger partial charge in [-0.3, -0.25) is 14.5 Å². The quantitative estimate of drug-likeness (QED) is 0.793. The van der Waals surface area contributed by atoms with E-state index in [4.69, 9.17) is 0 Å². The Morgan fingerprint density at radius 3 is 2.95 bits per heavy atom. The predicted octanol–water partition coefficient (Wildman–Crippen LogP) is -0.328. The van der Waals surface area contributed by atoms with Crippen LogP contribution >= 0.6 is 0 Å². The number of nitrogens with zero attached hydrogens (tertiary/aromatic N) is 3. The zero-order chi connectivity index (χ0) is 15.7. The molecule has 0 aliphatic carbocycles. The van der Waals surface area contributed by atoms with E-state index in [2.05, 4.69) is 9.97 Å². The second kappa shape index (κ2) is 5.86. The van der Waals surface area contributed by atoms with Crippen LogP contribution in [0.1, 0.15) is 10.5 Å². The van der Waals surface area contributed by atoms with Crippen LogP contribution in [-0.2, 0) is 0 Å². The maximum atomic E-state index is 12.6. The Bertz CT molecular complexity index is 758. The molecule has 0 bridgehead atoms. The molecule has 1 aliphatic heterocycles. The fourth-order valence-electron chi connectivity index (χ4n) is 2.65. The summed E-state index contributed by atoms with van der Waals surface area (Å²) in [4.78, 5) is 35.2. The van der Waals surface area contributed by atoms with Gasteiger partial charge >= 0.3 is 0 Å². The van der Waals surface area contributed by atoms with Crippen molar-refractivity contribution in [1.82, 2.24) is 19.8 Å². The number of piperazine rings is 1. The van der Waals surface area contributed by atoms with Crippen molar-refractivity contribution in [2.24, 2.45) is 0 Å². The molecule has 1 amide bonds. The standard InChI is InChI=1S/C15H18N4O3/c1-18-6-7-19(8-10(18)9-20)15(22)13-14(21)17-12-5-3-2-4-11(12)16-13/h2-5,10,20H,6-9H2,1H3,(H,17,21). The zero-order valence-corrected chi connectivity index (χ0v) is 12.3. The minimum Gasteiger partial charge on any atom is -0.395 e. The number of aromatic nitrogens is 2. The number of para-hydroxylation sites is 2. The molecule has 7 nitrogen and oxygen atoms in total. The van der Waals surface area contributed by atoms with Crippen molar-refractivity contribution < 1.29 is 9.90 Å². The number of aromatic amines is 1. The average Bonchev–Trinajstić information content (AvgIpc) is 2.54. The molecular weight excluding hydrogens is 284 g/mol. The highest BCUT2D eigenvalue weighted by atomic mass is 16.3. The van der Waals surface area contributed by atoms with Gasteiger partial charge in [0.15, 0.2) is 5.69 Å². The Balaban J connectivity index is 1.92. The molecule has 3 rings (SSSR count). The van der Waals surface area contributed by atoms with Gasteiger partial charge in [-0.05, 0) is 19.2 Å². The molecule has 1 fully saturated rings. The molecule has 1 atom stereocenters. The topological polar surface area (TPSA) is 89.5 Å². The lowest BCUT2D eigenvalue weighted by Gasteiger charge is -2.38. The molecule has 1 aromatic carbocycles. The van der Waals surface area contributed by atoms with Crippen molar-refractivity contribution in [3.8, 4) is 0 Å². The van der Waals surface area contributed by atoms with Crippen LogP contribution in [0.4, 0.5) is 0 Å². The van der Waals surface area contributed by atoms with Crippen LogP contribution in [0.3, 0.4) is 0 Å². The number of hydrogen-bond donors (Lipinski definition) is 2. The van der Waals surface area contributed by atoms with Crippen LogP contribution in [0.25, 0.3) is 11.0 Å². The highest BCUT2D eigenvalue weighted by Gasteiger charge is 2.29. The third-order valence-electron chi connectivity index (χ3n) is 4.08. The molecule has 1 unspecified atom stereocenters. The number of benzene rings is 1. The second-order valence-electron chi connectivity index (χ2n) is 5.50. The average molecular weight is 302 g/mol. The Morgan fingerprint density at radius 2 is 2.18 bits per heavy atom. The van der Waals surface area contributed by atoms with E-state index in [0.717, 1.165) is 0 Å². The Morgan fingerprint density at radius 1 is 1.41 bits per heavy atom. The van der Waals surface area contributed by atoms with Gasteiger partial charge in [0, 0.05) is 19.6 Å². The number of carbonyl (C=O) groups excluding carboxylic acids is 1. The Hall–Kier alpha value is -2.25. The van der Waals surface area contributed by atoms with Crippen molar-refractivity contribution in [1.29, 1.82) is 0 Å². The maximum Gasteiger partial charge on any atom is 0.280 e. The summed E-state index contributed by atoms with van der Waals surface area (Å²) >= 11 is 0. The molecule has 22 heavy (non-hydrogen) atoms. The normalized spacial score (nSPS) is 19.5. The number of H-pyrrole nitrogens is 1. The molecule has 0 spiro atoms. The number of amides is 1. The SMILES string of the molecule is CN1CCN(C(=O)c2nc3ccccc3[nH]c2=O)CC1CO. The first-order valence-corrected chi connectivity index (χ1v) is 7.19. The summed E-state index contributed by atoms with van der Waals surface area (Å²) in [5.41, 5.74) is 0.608. The number of fused-ring (bicyclic) bond motifs is 1. The minimum absolute atomic E-state index is 0.0260. The fraction of sp³-hybridized carbons (Fsp3) is 0.400. The van der Waals surface area contributed by atoms with Gasteiger partial charge in [0.25, 0.3) is 11.5 Å². The molecule has 0 radical (unpaired) electrons. The van der Waals surface area contributed by atoms with Crippen LogP contribution in [0.15, 0.2) is 29.1 Å². The highest BCUT2D eigenvalue weighted by Crippen LogP contribution is 2.11. The van der Waals surface area contributed by atoms with Crippen molar-refractivity contribution in [2.75, 3.05) is 33.3 Å². The zero-order valence-electron chi connectivity index (χ0n) is 12.3. The Labute approximate surface area is 127 Å². The lowest BCUT2D eigenvalue weighted by Crippen LogP contribution is -2.55. The fourth-order valence-corrected chi connectivity index (χ4v) is 2.65. The molecular formula is C15H18N4O3. The molecule has 2 heterocycles. The summed E-state index contributed by atoms with van der Waals surface area (Å²) in [6.07, 6.45) is 0. The van der Waals surface area contributed by atoms with Gasteiger partial charge in [0.05, 0.1) is 23.7 Å². The first-order valence-electron chi connectivity index (χ1n) is 7.19. The van der Waals surface area contributed by atoms with Crippen molar-refractivity contribution in [2.45, 2.75) is 6.04 Å². The molecule has 1 saturated heterocycles. The molecule has 1 aliphatic rings. The lowest BCUT2D eigenvalue weighted by molar-refractivity contribution is 0.0415. The summed E-state index contributed by atoms with van der Waals surface area (Å²) in [6.45, 7) is 1.53. The number of hydrogen-bond acceptors (Lipinski definition) is 5. The van der Waals surface area contributed by atoms with Crippen LogP contribution in [0.5, 0.6) is 0 Å². The lowest BCUT2D eigenvalue weighted by atomic mass is 10.2. The van der Waals surface area contributed by atoms with Crippen molar-refractivity contribution >= 4 is 16.9 Å². The number of nitrogens with one attached hydrogen (secondary N) is 1.